The van der Waals surface area contributed by atoms with Gasteiger partial charge >= 0.3 is 5.97 Å². The van der Waals surface area contributed by atoms with E-state index in [1.54, 1.807) is 0 Å². The van der Waals surface area contributed by atoms with Crippen LogP contribution in [0.1, 0.15) is 33.6 Å². The topological polar surface area (TPSA) is 75.6 Å². The van der Waals surface area contributed by atoms with Crippen molar-refractivity contribution in [3.05, 3.63) is 0 Å². The molecule has 2 N–H and O–H groups in total. The quantitative estimate of drug-likeness (QED) is 0.690. The normalized spacial score (nSPS) is 37.2. The van der Waals surface area contributed by atoms with E-state index in [1.165, 1.54) is 0 Å². The van der Waals surface area contributed by atoms with E-state index in [0.29, 0.717) is 6.42 Å². The highest BCUT2D eigenvalue weighted by Gasteiger charge is 2.71. The van der Waals surface area contributed by atoms with Crippen LogP contribution in [0, 0.1) is 11.8 Å². The molecule has 5 heteroatoms. The molecule has 2 aliphatic heterocycles. The summed E-state index contributed by atoms with van der Waals surface area (Å²) in [6.45, 7) is 5.62. The maximum absolute atomic E-state index is 11.8. The molecule has 5 nitrogen and oxygen atoms in total. The molecule has 0 spiro atoms. The molecule has 0 bridgehead atoms. The molecule has 0 aliphatic carbocycles. The molecule has 17 heavy (non-hydrogen) atoms. The Morgan fingerprint density at radius 3 is 2.59 bits per heavy atom. The van der Waals surface area contributed by atoms with E-state index in [0.717, 1.165) is 6.42 Å². The van der Waals surface area contributed by atoms with Crippen LogP contribution >= 0.6 is 0 Å². The average molecular weight is 241 g/mol. The second kappa shape index (κ2) is 3.98. The molecule has 0 aromatic rings. The lowest BCUT2D eigenvalue weighted by Gasteiger charge is -2.46. The highest BCUT2D eigenvalue weighted by Crippen LogP contribution is 2.44. The molecule has 2 saturated heterocycles. The van der Waals surface area contributed by atoms with Crippen LogP contribution in [0.25, 0.3) is 0 Å². The summed E-state index contributed by atoms with van der Waals surface area (Å²) in [5.41, 5.74) is -1.19. The van der Waals surface area contributed by atoms with Gasteiger partial charge < -0.3 is 15.2 Å². The Morgan fingerprint density at radius 1 is 1.47 bits per heavy atom. The summed E-state index contributed by atoms with van der Waals surface area (Å²) in [5, 5.41) is 12.8. The summed E-state index contributed by atoms with van der Waals surface area (Å²) in [4.78, 5) is 23.5. The number of ether oxygens (including phenoxy) is 1. The molecule has 1 amide bonds. The Labute approximate surface area is 101 Å². The molecule has 0 radical (unpaired) electrons. The smallest absolute Gasteiger partial charge is 0.338 e. The van der Waals surface area contributed by atoms with E-state index in [4.69, 9.17) is 4.74 Å². The predicted molar refractivity (Wildman–Crippen MR) is 60.0 cm³/mol. The van der Waals surface area contributed by atoms with E-state index in [-0.39, 0.29) is 17.7 Å². The van der Waals surface area contributed by atoms with Crippen molar-refractivity contribution in [3.63, 3.8) is 0 Å². The zero-order chi connectivity index (χ0) is 12.8. The third-order valence-electron chi connectivity index (χ3n) is 3.75. The molecule has 0 aromatic carbocycles. The first-order valence-electron chi connectivity index (χ1n) is 6.16. The Bertz CT molecular complexity index is 354. The Morgan fingerprint density at radius 2 is 2.12 bits per heavy atom. The summed E-state index contributed by atoms with van der Waals surface area (Å²) < 4.78 is 5.09. The van der Waals surface area contributed by atoms with Crippen LogP contribution in [0.2, 0.25) is 0 Å². The number of fused-ring (bicyclic) bond motifs is 1. The molecule has 2 rings (SSSR count). The number of aliphatic hydroxyl groups excluding tert-OH is 1. The second-order valence-corrected chi connectivity index (χ2v) is 5.27. The van der Waals surface area contributed by atoms with Crippen LogP contribution in [-0.2, 0) is 14.3 Å². The Kier molecular flexibility index (Phi) is 2.89. The molecule has 2 aliphatic rings. The molecule has 2 fully saturated rings. The molecule has 1 unspecified atom stereocenters. The van der Waals surface area contributed by atoms with E-state index in [1.807, 2.05) is 20.8 Å². The monoisotopic (exact) mass is 241 g/mol. The van der Waals surface area contributed by atoms with Crippen LogP contribution in [0.3, 0.4) is 0 Å². The number of nitrogens with one attached hydrogen (secondary N) is 1. The number of hydrogen-bond acceptors (Lipinski definition) is 4. The van der Waals surface area contributed by atoms with Gasteiger partial charge in [-0.1, -0.05) is 27.2 Å². The highest BCUT2D eigenvalue weighted by molar-refractivity contribution is 6.00. The van der Waals surface area contributed by atoms with Gasteiger partial charge in [0.1, 0.15) is 6.10 Å². The Balaban J connectivity index is 2.27. The number of amides is 1. The van der Waals surface area contributed by atoms with Gasteiger partial charge in [-0.15, -0.1) is 0 Å². The fourth-order valence-corrected chi connectivity index (χ4v) is 2.80. The summed E-state index contributed by atoms with van der Waals surface area (Å²) in [6.07, 6.45) is 0.135. The Hall–Kier alpha value is -1.10. The molecule has 0 aromatic heterocycles. The first kappa shape index (κ1) is 12.4. The van der Waals surface area contributed by atoms with E-state index in [9.17, 15) is 14.7 Å². The molecular weight excluding hydrogens is 222 g/mol. The van der Waals surface area contributed by atoms with Gasteiger partial charge in [-0.25, -0.2) is 4.79 Å². The van der Waals surface area contributed by atoms with Gasteiger partial charge in [-0.05, 0) is 12.3 Å². The fourth-order valence-electron chi connectivity index (χ4n) is 2.80. The lowest BCUT2D eigenvalue weighted by Crippen LogP contribution is -2.73. The van der Waals surface area contributed by atoms with Crippen LogP contribution in [-0.4, -0.2) is 34.7 Å². The van der Waals surface area contributed by atoms with Crippen molar-refractivity contribution >= 4 is 11.9 Å². The molecular formula is C12H19NO4. The fraction of sp³-hybridized carbons (Fsp3) is 0.833. The minimum Gasteiger partial charge on any atom is -0.456 e. The van der Waals surface area contributed by atoms with Gasteiger partial charge in [-0.2, -0.15) is 0 Å². The standard InChI is InChI=1S/C12H19NO4/c1-4-5-7-9-12(11(16)17-9,13-10(7)15)8(14)6(2)3/h6-9,14H,4-5H2,1-3H3,(H,13,15)/t7-,8?,9+,12-/m1/s1. The molecule has 96 valence electrons. The lowest BCUT2D eigenvalue weighted by atomic mass is 9.75. The lowest BCUT2D eigenvalue weighted by molar-refractivity contribution is -0.207. The minimum atomic E-state index is -1.19. The van der Waals surface area contributed by atoms with Crippen LogP contribution in [0.15, 0.2) is 0 Å². The summed E-state index contributed by atoms with van der Waals surface area (Å²) >= 11 is 0. The van der Waals surface area contributed by atoms with Gasteiger partial charge in [0, 0.05) is 0 Å². The van der Waals surface area contributed by atoms with E-state index >= 15 is 0 Å². The van der Waals surface area contributed by atoms with Gasteiger partial charge in [0.25, 0.3) is 0 Å². The molecule has 2 heterocycles. The van der Waals surface area contributed by atoms with Gasteiger partial charge in [0.05, 0.1) is 12.0 Å². The SMILES string of the molecule is CCC[C@H]1C(=O)N[C@@]2(C(O)C(C)C)C(=O)O[C@@H]12. The maximum Gasteiger partial charge on any atom is 0.338 e. The first-order valence-corrected chi connectivity index (χ1v) is 6.16. The predicted octanol–water partition coefficient (Wildman–Crippen LogP) is 0.214. The third-order valence-corrected chi connectivity index (χ3v) is 3.75. The van der Waals surface area contributed by atoms with Crippen molar-refractivity contribution < 1.29 is 19.4 Å². The van der Waals surface area contributed by atoms with Crippen LogP contribution in [0.4, 0.5) is 0 Å². The van der Waals surface area contributed by atoms with Crippen molar-refractivity contribution in [2.75, 3.05) is 0 Å². The van der Waals surface area contributed by atoms with E-state index < -0.39 is 23.7 Å². The van der Waals surface area contributed by atoms with Crippen molar-refractivity contribution in [2.24, 2.45) is 11.8 Å². The van der Waals surface area contributed by atoms with Crippen molar-refractivity contribution in [1.29, 1.82) is 0 Å². The van der Waals surface area contributed by atoms with Crippen molar-refractivity contribution in [1.82, 2.24) is 5.32 Å². The zero-order valence-electron chi connectivity index (χ0n) is 10.4. The maximum atomic E-state index is 11.8. The number of esters is 1. The first-order chi connectivity index (χ1) is 7.95. The number of carbonyl (C=O) groups is 2. The number of rotatable bonds is 4. The van der Waals surface area contributed by atoms with Crippen molar-refractivity contribution in [2.45, 2.75) is 51.4 Å². The number of aliphatic hydroxyl groups is 1. The van der Waals surface area contributed by atoms with Crippen LogP contribution in [0.5, 0.6) is 0 Å². The van der Waals surface area contributed by atoms with E-state index in [2.05, 4.69) is 5.32 Å². The average Bonchev–Trinajstić information content (AvgIpc) is 2.49. The van der Waals surface area contributed by atoms with Crippen molar-refractivity contribution in [3.8, 4) is 0 Å². The summed E-state index contributed by atoms with van der Waals surface area (Å²) in [6, 6.07) is 0. The summed E-state index contributed by atoms with van der Waals surface area (Å²) in [5.74, 6) is -1.10. The molecule has 0 saturated carbocycles. The number of carbonyl (C=O) groups excluding carboxylic acids is 2. The number of hydrogen-bond donors (Lipinski definition) is 2. The van der Waals surface area contributed by atoms with Gasteiger partial charge in [-0.3, -0.25) is 4.79 Å². The molecule has 4 atom stereocenters. The van der Waals surface area contributed by atoms with Crippen LogP contribution < -0.4 is 5.32 Å². The van der Waals surface area contributed by atoms with Gasteiger partial charge in [0.15, 0.2) is 0 Å². The summed E-state index contributed by atoms with van der Waals surface area (Å²) in [7, 11) is 0. The second-order valence-electron chi connectivity index (χ2n) is 5.27. The van der Waals surface area contributed by atoms with Gasteiger partial charge in [0.2, 0.25) is 11.4 Å². The largest absolute Gasteiger partial charge is 0.456 e. The third kappa shape index (κ3) is 1.48. The minimum absolute atomic E-state index is 0.106. The zero-order valence-corrected chi connectivity index (χ0v) is 10.4. The highest BCUT2D eigenvalue weighted by atomic mass is 16.6.